The summed E-state index contributed by atoms with van der Waals surface area (Å²) in [7, 11) is 0. The van der Waals surface area contributed by atoms with E-state index in [9.17, 15) is 0 Å². The van der Waals surface area contributed by atoms with Crippen LogP contribution in [-0.2, 0) is 0 Å². The molecule has 2 aliphatic carbocycles. The van der Waals surface area contributed by atoms with Crippen molar-refractivity contribution in [3.05, 3.63) is 36.4 Å². The van der Waals surface area contributed by atoms with E-state index in [0.717, 1.165) is 15.4 Å². The van der Waals surface area contributed by atoms with Gasteiger partial charge in [0.15, 0.2) is 0 Å². The second kappa shape index (κ2) is 3.04. The smallest absolute Gasteiger partial charge is 0.0253 e. The van der Waals surface area contributed by atoms with E-state index in [1.807, 2.05) is 24.3 Å². The van der Waals surface area contributed by atoms with Gasteiger partial charge in [-0.05, 0) is 17.2 Å². The molecule has 0 bridgehead atoms. The van der Waals surface area contributed by atoms with Gasteiger partial charge in [-0.25, -0.2) is 0 Å². The molecule has 0 fully saturated rings. The van der Waals surface area contributed by atoms with E-state index < -0.39 is 0 Å². The van der Waals surface area contributed by atoms with Crippen molar-refractivity contribution in [3.63, 3.8) is 0 Å². The van der Waals surface area contributed by atoms with Gasteiger partial charge in [0.25, 0.3) is 0 Å². The van der Waals surface area contributed by atoms with Crippen molar-refractivity contribution in [3.8, 4) is 11.1 Å². The summed E-state index contributed by atoms with van der Waals surface area (Å²) >= 11 is 8.68. The van der Waals surface area contributed by atoms with Crippen LogP contribution in [0.25, 0.3) is 11.1 Å². The molecule has 60 valence electrons. The van der Waals surface area contributed by atoms with Crippen molar-refractivity contribution in [1.29, 1.82) is 0 Å². The monoisotopic (exact) mass is 192 g/mol. The molecule has 0 aromatic carbocycles. The third-order valence-electron chi connectivity index (χ3n) is 1.86. The lowest BCUT2D eigenvalue weighted by atomic mass is 10.2. The van der Waals surface area contributed by atoms with Gasteiger partial charge in [0.1, 0.15) is 0 Å². The highest BCUT2D eigenvalue weighted by Crippen LogP contribution is 2.35. The Morgan fingerprint density at radius 2 is 1.67 bits per heavy atom. The maximum absolute atomic E-state index is 4.37. The van der Waals surface area contributed by atoms with Gasteiger partial charge in [0.05, 0.1) is 0 Å². The number of thiol groups is 2. The standard InChI is InChI=1S/C10H8S2/c11-9-6-7-4-2-1-3-5-8(7)10(9)12/h1-6,11-12H. The van der Waals surface area contributed by atoms with Crippen molar-refractivity contribution >= 4 is 25.3 Å². The zero-order valence-electron chi connectivity index (χ0n) is 6.36. The zero-order valence-corrected chi connectivity index (χ0v) is 8.15. The third kappa shape index (κ3) is 1.21. The number of hydrogen-bond acceptors (Lipinski definition) is 2. The normalized spacial score (nSPS) is 10.5. The quantitative estimate of drug-likeness (QED) is 0.587. The Morgan fingerprint density at radius 3 is 2.50 bits per heavy atom. The van der Waals surface area contributed by atoms with Gasteiger partial charge in [0, 0.05) is 9.79 Å². The molecule has 0 saturated heterocycles. The highest BCUT2D eigenvalue weighted by Gasteiger charge is 2.08. The van der Waals surface area contributed by atoms with Crippen molar-refractivity contribution in [2.75, 3.05) is 0 Å². The van der Waals surface area contributed by atoms with Crippen LogP contribution in [0.4, 0.5) is 0 Å². The average Bonchev–Trinajstić information content (AvgIpc) is 2.30. The molecule has 0 aromatic rings. The molecule has 0 aliphatic heterocycles. The molecule has 0 saturated carbocycles. The summed E-state index contributed by atoms with van der Waals surface area (Å²) in [6.07, 6.45) is 0. The molecular formula is C10H8S2. The maximum atomic E-state index is 4.37. The average molecular weight is 192 g/mol. The number of fused-ring (bicyclic) bond motifs is 1. The van der Waals surface area contributed by atoms with Crippen LogP contribution < -0.4 is 0 Å². The van der Waals surface area contributed by atoms with Crippen molar-refractivity contribution in [1.82, 2.24) is 0 Å². The SMILES string of the molecule is Sc1cc2cccccc-2c1S. The van der Waals surface area contributed by atoms with E-state index in [4.69, 9.17) is 0 Å². The number of hydrogen-bond donors (Lipinski definition) is 2. The van der Waals surface area contributed by atoms with E-state index in [1.54, 1.807) is 0 Å². The Morgan fingerprint density at radius 1 is 0.917 bits per heavy atom. The summed E-state index contributed by atoms with van der Waals surface area (Å²) in [5, 5.41) is 0. The Hall–Kier alpha value is -0.600. The van der Waals surface area contributed by atoms with Crippen LogP contribution in [-0.4, -0.2) is 0 Å². The topological polar surface area (TPSA) is 0 Å². The van der Waals surface area contributed by atoms with Crippen LogP contribution in [0.1, 0.15) is 0 Å². The maximum Gasteiger partial charge on any atom is 0.0253 e. The van der Waals surface area contributed by atoms with Crippen LogP contribution >= 0.6 is 25.3 Å². The van der Waals surface area contributed by atoms with E-state index in [0.29, 0.717) is 0 Å². The largest absolute Gasteiger partial charge is 0.142 e. The first kappa shape index (κ1) is 8.02. The molecule has 0 nitrogen and oxygen atoms in total. The lowest BCUT2D eigenvalue weighted by molar-refractivity contribution is 1.37. The lowest BCUT2D eigenvalue weighted by Gasteiger charge is -1.91. The molecule has 0 aromatic heterocycles. The minimum absolute atomic E-state index is 0.944. The molecule has 0 N–H and O–H groups in total. The van der Waals surface area contributed by atoms with Crippen LogP contribution in [0, 0.1) is 0 Å². The highest BCUT2D eigenvalue weighted by molar-refractivity contribution is 7.83. The summed E-state index contributed by atoms with van der Waals surface area (Å²) in [6, 6.07) is 12.2. The number of rotatable bonds is 0. The summed E-state index contributed by atoms with van der Waals surface area (Å²) in [5.41, 5.74) is 2.35. The Bertz CT molecular complexity index is 382. The Balaban J connectivity index is 2.79. The van der Waals surface area contributed by atoms with Crippen LogP contribution in [0.5, 0.6) is 0 Å². The molecule has 0 radical (unpaired) electrons. The van der Waals surface area contributed by atoms with Crippen LogP contribution in [0.15, 0.2) is 46.2 Å². The first-order chi connectivity index (χ1) is 5.79. The van der Waals surface area contributed by atoms with E-state index >= 15 is 0 Å². The summed E-state index contributed by atoms with van der Waals surface area (Å²) in [4.78, 5) is 1.91. The summed E-state index contributed by atoms with van der Waals surface area (Å²) in [6.45, 7) is 0. The van der Waals surface area contributed by atoms with Crippen LogP contribution in [0.3, 0.4) is 0 Å². The zero-order chi connectivity index (χ0) is 8.55. The Labute approximate surface area is 82.8 Å². The van der Waals surface area contributed by atoms with E-state index in [2.05, 4.69) is 37.4 Å². The summed E-state index contributed by atoms with van der Waals surface area (Å²) < 4.78 is 0. The van der Waals surface area contributed by atoms with Gasteiger partial charge >= 0.3 is 0 Å². The van der Waals surface area contributed by atoms with Crippen molar-refractivity contribution in [2.24, 2.45) is 0 Å². The first-order valence-electron chi connectivity index (χ1n) is 3.69. The second-order valence-corrected chi connectivity index (χ2v) is 3.59. The first-order valence-corrected chi connectivity index (χ1v) is 4.58. The molecule has 2 rings (SSSR count). The molecule has 2 aliphatic rings. The molecule has 12 heavy (non-hydrogen) atoms. The van der Waals surface area contributed by atoms with Gasteiger partial charge in [-0.3, -0.25) is 0 Å². The van der Waals surface area contributed by atoms with Gasteiger partial charge in [0.2, 0.25) is 0 Å². The van der Waals surface area contributed by atoms with Gasteiger partial charge < -0.3 is 0 Å². The minimum atomic E-state index is 0.944. The molecule has 0 heterocycles. The fourth-order valence-electron chi connectivity index (χ4n) is 1.26. The predicted molar refractivity (Wildman–Crippen MR) is 57.6 cm³/mol. The van der Waals surface area contributed by atoms with Crippen molar-refractivity contribution in [2.45, 2.75) is 9.79 Å². The van der Waals surface area contributed by atoms with E-state index in [-0.39, 0.29) is 0 Å². The van der Waals surface area contributed by atoms with Gasteiger partial charge in [-0.1, -0.05) is 30.3 Å². The van der Waals surface area contributed by atoms with Crippen LogP contribution in [0.2, 0.25) is 0 Å². The lowest BCUT2D eigenvalue weighted by Crippen LogP contribution is -1.64. The Kier molecular flexibility index (Phi) is 2.03. The predicted octanol–water partition coefficient (Wildman–Crippen LogP) is 3.37. The summed E-state index contributed by atoms with van der Waals surface area (Å²) in [5.74, 6) is 0. The van der Waals surface area contributed by atoms with Crippen molar-refractivity contribution < 1.29 is 0 Å². The second-order valence-electron chi connectivity index (χ2n) is 2.66. The van der Waals surface area contributed by atoms with E-state index in [1.165, 1.54) is 5.56 Å². The molecular weight excluding hydrogens is 184 g/mol. The minimum Gasteiger partial charge on any atom is -0.142 e. The molecule has 0 amide bonds. The molecule has 2 heteroatoms. The fourth-order valence-corrected chi connectivity index (χ4v) is 1.78. The fraction of sp³-hybridized carbons (Fsp3) is 0. The highest BCUT2D eigenvalue weighted by atomic mass is 32.1. The third-order valence-corrected chi connectivity index (χ3v) is 2.87. The molecule has 0 spiro atoms. The van der Waals surface area contributed by atoms with Gasteiger partial charge in [-0.2, -0.15) is 0 Å². The molecule has 0 unspecified atom stereocenters. The van der Waals surface area contributed by atoms with Gasteiger partial charge in [-0.15, -0.1) is 25.3 Å². The molecule has 0 atom stereocenters.